The van der Waals surface area contributed by atoms with Gasteiger partial charge in [-0.2, -0.15) is 0 Å². The Bertz CT molecular complexity index is 849. The molecule has 23 heavy (non-hydrogen) atoms. The highest BCUT2D eigenvalue weighted by Gasteiger charge is 2.30. The predicted molar refractivity (Wildman–Crippen MR) is 92.0 cm³/mol. The van der Waals surface area contributed by atoms with Crippen LogP contribution in [-0.4, -0.2) is 12.9 Å². The van der Waals surface area contributed by atoms with Crippen molar-refractivity contribution in [3.05, 3.63) is 54.3 Å². The molecule has 0 fully saturated rings. The number of ether oxygens (including phenoxy) is 1. The van der Waals surface area contributed by atoms with Gasteiger partial charge in [0.2, 0.25) is 5.78 Å². The molecule has 0 spiro atoms. The molecule has 0 N–H and O–H groups in total. The van der Waals surface area contributed by atoms with Crippen LogP contribution in [0, 0.1) is 5.41 Å². The molecule has 3 aromatic rings. The molecular formula is C20H20O3. The molecule has 0 radical (unpaired) electrons. The monoisotopic (exact) mass is 308 g/mol. The van der Waals surface area contributed by atoms with Crippen molar-refractivity contribution < 1.29 is 13.9 Å². The lowest BCUT2D eigenvalue weighted by Gasteiger charge is -2.15. The lowest BCUT2D eigenvalue weighted by Crippen LogP contribution is -2.20. The SMILES string of the molecule is COc1ccc(-c2c(C(=O)C(C)(C)C)oc3ccccc23)cc1. The van der Waals surface area contributed by atoms with E-state index in [1.54, 1.807) is 7.11 Å². The summed E-state index contributed by atoms with van der Waals surface area (Å²) in [6, 6.07) is 15.4. The Balaban J connectivity index is 2.26. The summed E-state index contributed by atoms with van der Waals surface area (Å²) in [5, 5.41) is 0.949. The number of carbonyl (C=O) groups excluding carboxylic acids is 1. The molecule has 3 rings (SSSR count). The molecule has 0 amide bonds. The Hall–Kier alpha value is -2.55. The largest absolute Gasteiger partial charge is 0.497 e. The Morgan fingerprint density at radius 1 is 1.00 bits per heavy atom. The number of Topliss-reactive ketones (excluding diaryl/α,β-unsaturated/α-hetero) is 1. The quantitative estimate of drug-likeness (QED) is 0.613. The van der Waals surface area contributed by atoms with Gasteiger partial charge in [0, 0.05) is 16.4 Å². The van der Waals surface area contributed by atoms with Crippen LogP contribution in [0.1, 0.15) is 31.3 Å². The fourth-order valence-electron chi connectivity index (χ4n) is 2.59. The number of benzene rings is 2. The van der Waals surface area contributed by atoms with Crippen molar-refractivity contribution in [2.75, 3.05) is 7.11 Å². The number of methoxy groups -OCH3 is 1. The normalized spacial score (nSPS) is 11.7. The van der Waals surface area contributed by atoms with E-state index in [9.17, 15) is 4.79 Å². The third-order valence-electron chi connectivity index (χ3n) is 3.86. The maximum absolute atomic E-state index is 12.8. The molecule has 0 aliphatic rings. The van der Waals surface area contributed by atoms with Gasteiger partial charge in [-0.3, -0.25) is 4.79 Å². The van der Waals surface area contributed by atoms with E-state index in [0.29, 0.717) is 5.76 Å². The zero-order valence-corrected chi connectivity index (χ0v) is 13.8. The first-order valence-corrected chi connectivity index (χ1v) is 7.62. The fourth-order valence-corrected chi connectivity index (χ4v) is 2.59. The van der Waals surface area contributed by atoms with Crippen molar-refractivity contribution in [3.63, 3.8) is 0 Å². The Morgan fingerprint density at radius 3 is 2.26 bits per heavy atom. The molecule has 118 valence electrons. The first kappa shape index (κ1) is 15.3. The van der Waals surface area contributed by atoms with Crippen LogP contribution in [0.2, 0.25) is 0 Å². The molecule has 0 saturated heterocycles. The second kappa shape index (κ2) is 5.58. The summed E-state index contributed by atoms with van der Waals surface area (Å²) >= 11 is 0. The number of ketones is 1. The molecule has 0 atom stereocenters. The summed E-state index contributed by atoms with van der Waals surface area (Å²) in [5.41, 5.74) is 2.02. The molecule has 0 bridgehead atoms. The number of carbonyl (C=O) groups is 1. The van der Waals surface area contributed by atoms with E-state index in [2.05, 4.69) is 0 Å². The molecule has 1 aromatic heterocycles. The third-order valence-corrected chi connectivity index (χ3v) is 3.86. The number of fused-ring (bicyclic) bond motifs is 1. The maximum atomic E-state index is 12.8. The molecule has 0 aliphatic carbocycles. The van der Waals surface area contributed by atoms with Crippen LogP contribution >= 0.6 is 0 Å². The van der Waals surface area contributed by atoms with E-state index in [1.807, 2.05) is 69.3 Å². The van der Waals surface area contributed by atoms with Crippen molar-refractivity contribution in [1.29, 1.82) is 0 Å². The molecule has 0 unspecified atom stereocenters. The molecule has 0 aliphatic heterocycles. The molecule has 1 heterocycles. The lowest BCUT2D eigenvalue weighted by molar-refractivity contribution is 0.0832. The number of hydrogen-bond acceptors (Lipinski definition) is 3. The number of para-hydroxylation sites is 1. The van der Waals surface area contributed by atoms with E-state index >= 15 is 0 Å². The highest BCUT2D eigenvalue weighted by atomic mass is 16.5. The average molecular weight is 308 g/mol. The summed E-state index contributed by atoms with van der Waals surface area (Å²) in [6.07, 6.45) is 0. The smallest absolute Gasteiger partial charge is 0.203 e. The van der Waals surface area contributed by atoms with Gasteiger partial charge in [0.05, 0.1) is 7.11 Å². The van der Waals surface area contributed by atoms with Crippen LogP contribution in [-0.2, 0) is 0 Å². The topological polar surface area (TPSA) is 39.4 Å². The summed E-state index contributed by atoms with van der Waals surface area (Å²) in [4.78, 5) is 12.8. The summed E-state index contributed by atoms with van der Waals surface area (Å²) in [5.74, 6) is 1.20. The Morgan fingerprint density at radius 2 is 1.65 bits per heavy atom. The highest BCUT2D eigenvalue weighted by Crippen LogP contribution is 2.38. The van der Waals surface area contributed by atoms with Crippen molar-refractivity contribution in [2.45, 2.75) is 20.8 Å². The minimum Gasteiger partial charge on any atom is -0.497 e. The van der Waals surface area contributed by atoms with Gasteiger partial charge in [-0.15, -0.1) is 0 Å². The van der Waals surface area contributed by atoms with Gasteiger partial charge in [0.1, 0.15) is 11.3 Å². The summed E-state index contributed by atoms with van der Waals surface area (Å²) < 4.78 is 11.1. The average Bonchev–Trinajstić information content (AvgIpc) is 2.92. The Labute approximate surface area is 135 Å². The van der Waals surface area contributed by atoms with Gasteiger partial charge in [-0.1, -0.05) is 51.1 Å². The predicted octanol–water partition coefficient (Wildman–Crippen LogP) is 5.34. The Kier molecular flexibility index (Phi) is 3.72. The number of furan rings is 1. The molecule has 2 aromatic carbocycles. The first-order valence-electron chi connectivity index (χ1n) is 7.62. The molecule has 3 nitrogen and oxygen atoms in total. The number of hydrogen-bond donors (Lipinski definition) is 0. The van der Waals surface area contributed by atoms with E-state index in [4.69, 9.17) is 9.15 Å². The standard InChI is InChI=1S/C20H20O3/c1-20(2,3)19(21)18-17(13-9-11-14(22-4)12-10-13)15-7-5-6-8-16(15)23-18/h5-12H,1-4H3. The summed E-state index contributed by atoms with van der Waals surface area (Å²) in [7, 11) is 1.64. The highest BCUT2D eigenvalue weighted by molar-refractivity contribution is 6.10. The molecule has 3 heteroatoms. The van der Waals surface area contributed by atoms with Crippen LogP contribution < -0.4 is 4.74 Å². The second-order valence-electron chi connectivity index (χ2n) is 6.61. The number of rotatable bonds is 3. The van der Waals surface area contributed by atoms with Gasteiger partial charge in [0.15, 0.2) is 5.76 Å². The first-order chi connectivity index (χ1) is 10.9. The van der Waals surface area contributed by atoms with Crippen LogP contribution in [0.4, 0.5) is 0 Å². The van der Waals surface area contributed by atoms with Gasteiger partial charge in [0.25, 0.3) is 0 Å². The second-order valence-corrected chi connectivity index (χ2v) is 6.61. The molecule has 0 saturated carbocycles. The van der Waals surface area contributed by atoms with Crippen molar-refractivity contribution in [1.82, 2.24) is 0 Å². The maximum Gasteiger partial charge on any atom is 0.203 e. The van der Waals surface area contributed by atoms with Gasteiger partial charge in [-0.25, -0.2) is 0 Å². The van der Waals surface area contributed by atoms with E-state index in [-0.39, 0.29) is 5.78 Å². The van der Waals surface area contributed by atoms with E-state index < -0.39 is 5.41 Å². The van der Waals surface area contributed by atoms with Crippen molar-refractivity contribution >= 4 is 16.8 Å². The van der Waals surface area contributed by atoms with Crippen LogP contribution in [0.25, 0.3) is 22.1 Å². The third kappa shape index (κ3) is 2.74. The fraction of sp³-hybridized carbons (Fsp3) is 0.250. The molecular weight excluding hydrogens is 288 g/mol. The zero-order valence-electron chi connectivity index (χ0n) is 13.8. The zero-order chi connectivity index (χ0) is 16.6. The lowest BCUT2D eigenvalue weighted by atomic mass is 9.86. The van der Waals surface area contributed by atoms with Crippen LogP contribution in [0.5, 0.6) is 5.75 Å². The van der Waals surface area contributed by atoms with Gasteiger partial charge < -0.3 is 9.15 Å². The summed E-state index contributed by atoms with van der Waals surface area (Å²) in [6.45, 7) is 5.71. The van der Waals surface area contributed by atoms with Crippen LogP contribution in [0.3, 0.4) is 0 Å². The van der Waals surface area contributed by atoms with Crippen LogP contribution in [0.15, 0.2) is 52.9 Å². The minimum absolute atomic E-state index is 0.000446. The van der Waals surface area contributed by atoms with E-state index in [1.165, 1.54) is 0 Å². The van der Waals surface area contributed by atoms with Gasteiger partial charge in [-0.05, 0) is 23.8 Å². The van der Waals surface area contributed by atoms with Crippen molar-refractivity contribution in [2.24, 2.45) is 5.41 Å². The van der Waals surface area contributed by atoms with E-state index in [0.717, 1.165) is 27.8 Å². The van der Waals surface area contributed by atoms with Gasteiger partial charge >= 0.3 is 0 Å². The minimum atomic E-state index is -0.505. The van der Waals surface area contributed by atoms with Crippen molar-refractivity contribution in [3.8, 4) is 16.9 Å².